The van der Waals surface area contributed by atoms with Crippen molar-refractivity contribution < 1.29 is 18.7 Å². The Hall–Kier alpha value is -1.94. The van der Waals surface area contributed by atoms with Gasteiger partial charge in [-0.3, -0.25) is 4.79 Å². The lowest BCUT2D eigenvalue weighted by atomic mass is 9.85. The number of nitrogens with zero attached hydrogens (tertiary/aromatic N) is 2. The lowest BCUT2D eigenvalue weighted by Gasteiger charge is -2.38. The highest BCUT2D eigenvalue weighted by atomic mass is 79.9. The first-order chi connectivity index (χ1) is 11.1. The van der Waals surface area contributed by atoms with Crippen molar-refractivity contribution in [3.8, 4) is 6.07 Å². The minimum atomic E-state index is -0.868. The molecule has 0 aliphatic heterocycles. The van der Waals surface area contributed by atoms with Crippen LogP contribution in [0.5, 0.6) is 0 Å². The van der Waals surface area contributed by atoms with Crippen molar-refractivity contribution in [2.75, 3.05) is 7.11 Å². The second-order valence-corrected chi connectivity index (χ2v) is 7.25. The lowest BCUT2D eigenvalue weighted by molar-refractivity contribution is -0.158. The SMILES string of the molecule is COC(=O)C(N(Cc1ccc(F)c(Br)c1)C(=O)CC#N)C(C)(C)C. The number of benzene rings is 1. The molecule has 0 saturated heterocycles. The topological polar surface area (TPSA) is 70.4 Å². The van der Waals surface area contributed by atoms with Crippen LogP contribution in [0.3, 0.4) is 0 Å². The van der Waals surface area contributed by atoms with Gasteiger partial charge < -0.3 is 9.64 Å². The van der Waals surface area contributed by atoms with Crippen LogP contribution in [0.25, 0.3) is 0 Å². The zero-order chi connectivity index (χ0) is 18.5. The lowest BCUT2D eigenvalue weighted by Crippen LogP contribution is -2.52. The van der Waals surface area contributed by atoms with Crippen LogP contribution in [-0.4, -0.2) is 29.9 Å². The molecule has 130 valence electrons. The van der Waals surface area contributed by atoms with Gasteiger partial charge in [0.05, 0.1) is 17.7 Å². The maximum absolute atomic E-state index is 13.4. The first-order valence-electron chi connectivity index (χ1n) is 7.30. The number of amides is 1. The standard InChI is InChI=1S/C17H20BrFN2O3/c1-17(2,3)15(16(23)24-4)21(14(22)7-8-20)10-11-5-6-13(19)12(18)9-11/h5-6,9,15H,7,10H2,1-4H3. The summed E-state index contributed by atoms with van der Waals surface area (Å²) in [7, 11) is 1.25. The second kappa shape index (κ2) is 8.25. The molecule has 0 aliphatic rings. The van der Waals surface area contributed by atoms with Gasteiger partial charge in [-0.15, -0.1) is 0 Å². The zero-order valence-electron chi connectivity index (χ0n) is 14.1. The summed E-state index contributed by atoms with van der Waals surface area (Å²) in [6.07, 6.45) is -0.355. The number of nitriles is 1. The largest absolute Gasteiger partial charge is 0.467 e. The van der Waals surface area contributed by atoms with Gasteiger partial charge >= 0.3 is 5.97 Å². The molecule has 0 heterocycles. The third-order valence-corrected chi connectivity index (χ3v) is 4.05. The van der Waals surface area contributed by atoms with Crippen LogP contribution >= 0.6 is 15.9 Å². The van der Waals surface area contributed by atoms with E-state index in [9.17, 15) is 14.0 Å². The molecule has 1 aromatic carbocycles. The first-order valence-corrected chi connectivity index (χ1v) is 8.09. The Morgan fingerprint density at radius 2 is 2.04 bits per heavy atom. The predicted molar refractivity (Wildman–Crippen MR) is 90.1 cm³/mol. The van der Waals surface area contributed by atoms with E-state index in [-0.39, 0.29) is 17.4 Å². The average molecular weight is 399 g/mol. The van der Waals surface area contributed by atoms with Crippen LogP contribution < -0.4 is 0 Å². The van der Waals surface area contributed by atoms with E-state index < -0.39 is 29.2 Å². The molecule has 0 fully saturated rings. The summed E-state index contributed by atoms with van der Waals surface area (Å²) in [6.45, 7) is 5.49. The second-order valence-electron chi connectivity index (χ2n) is 6.40. The van der Waals surface area contributed by atoms with Crippen molar-refractivity contribution in [2.45, 2.75) is 39.8 Å². The van der Waals surface area contributed by atoms with E-state index >= 15 is 0 Å². The Morgan fingerprint density at radius 3 is 2.50 bits per heavy atom. The van der Waals surface area contributed by atoms with Gasteiger partial charge in [-0.2, -0.15) is 5.26 Å². The molecule has 1 amide bonds. The average Bonchev–Trinajstić information content (AvgIpc) is 2.48. The Kier molecular flexibility index (Phi) is 6.91. The van der Waals surface area contributed by atoms with Crippen molar-refractivity contribution in [3.05, 3.63) is 34.1 Å². The van der Waals surface area contributed by atoms with Crippen molar-refractivity contribution >= 4 is 27.8 Å². The van der Waals surface area contributed by atoms with Gasteiger partial charge in [-0.1, -0.05) is 26.8 Å². The van der Waals surface area contributed by atoms with Crippen LogP contribution in [0.15, 0.2) is 22.7 Å². The summed E-state index contributed by atoms with van der Waals surface area (Å²) >= 11 is 3.10. The third-order valence-electron chi connectivity index (χ3n) is 3.44. The number of rotatable bonds is 5. The molecule has 0 spiro atoms. The number of hydrogen-bond acceptors (Lipinski definition) is 4. The summed E-state index contributed by atoms with van der Waals surface area (Å²) in [5.74, 6) is -1.47. The van der Waals surface area contributed by atoms with E-state index in [1.807, 2.05) is 20.8 Å². The fraction of sp³-hybridized carbons (Fsp3) is 0.471. The number of ether oxygens (including phenoxy) is 1. The molecule has 7 heteroatoms. The molecular formula is C17H20BrFN2O3. The van der Waals surface area contributed by atoms with Gasteiger partial charge in [0.25, 0.3) is 0 Å². The highest BCUT2D eigenvalue weighted by molar-refractivity contribution is 9.10. The molecule has 1 rings (SSSR count). The molecule has 0 N–H and O–H groups in total. The van der Waals surface area contributed by atoms with E-state index in [0.717, 1.165) is 0 Å². The smallest absolute Gasteiger partial charge is 0.329 e. The van der Waals surface area contributed by atoms with Gasteiger partial charge in [-0.25, -0.2) is 9.18 Å². The molecule has 0 radical (unpaired) electrons. The van der Waals surface area contributed by atoms with Crippen molar-refractivity contribution in [1.29, 1.82) is 5.26 Å². The summed E-state index contributed by atoms with van der Waals surface area (Å²) < 4.78 is 18.5. The Bertz CT molecular complexity index is 665. The minimum absolute atomic E-state index is 0.0659. The van der Waals surface area contributed by atoms with Gasteiger partial charge in [0.1, 0.15) is 18.3 Å². The molecule has 5 nitrogen and oxygen atoms in total. The zero-order valence-corrected chi connectivity index (χ0v) is 15.7. The summed E-state index contributed by atoms with van der Waals surface area (Å²) in [5, 5.41) is 8.84. The number of halogens is 2. The van der Waals surface area contributed by atoms with Crippen LogP contribution in [0, 0.1) is 22.6 Å². The molecule has 1 unspecified atom stereocenters. The van der Waals surface area contributed by atoms with Crippen LogP contribution in [0.4, 0.5) is 4.39 Å². The predicted octanol–water partition coefficient (Wildman–Crippen LogP) is 3.42. The Balaban J connectivity index is 3.28. The monoisotopic (exact) mass is 398 g/mol. The summed E-state index contributed by atoms with van der Waals surface area (Å²) in [4.78, 5) is 26.0. The van der Waals surface area contributed by atoms with Crippen LogP contribution in [0.1, 0.15) is 32.8 Å². The highest BCUT2D eigenvalue weighted by Gasteiger charge is 2.39. The Morgan fingerprint density at radius 1 is 1.42 bits per heavy atom. The van der Waals surface area contributed by atoms with Crippen molar-refractivity contribution in [3.63, 3.8) is 0 Å². The van der Waals surface area contributed by atoms with E-state index in [2.05, 4.69) is 15.9 Å². The summed E-state index contributed by atoms with van der Waals surface area (Å²) in [6, 6.07) is 5.28. The van der Waals surface area contributed by atoms with E-state index in [1.165, 1.54) is 24.1 Å². The number of hydrogen-bond donors (Lipinski definition) is 0. The van der Waals surface area contributed by atoms with E-state index in [0.29, 0.717) is 5.56 Å². The van der Waals surface area contributed by atoms with E-state index in [4.69, 9.17) is 10.00 Å². The molecule has 0 aromatic heterocycles. The maximum Gasteiger partial charge on any atom is 0.329 e. The summed E-state index contributed by atoms with van der Waals surface area (Å²) in [5.41, 5.74) is 0.0304. The number of methoxy groups -OCH3 is 1. The first kappa shape index (κ1) is 20.1. The molecule has 24 heavy (non-hydrogen) atoms. The molecule has 0 saturated carbocycles. The van der Waals surface area contributed by atoms with Crippen LogP contribution in [-0.2, 0) is 20.9 Å². The van der Waals surface area contributed by atoms with Gasteiger partial charge in [0.15, 0.2) is 0 Å². The quantitative estimate of drug-likeness (QED) is 0.712. The van der Waals surface area contributed by atoms with Crippen molar-refractivity contribution in [2.24, 2.45) is 5.41 Å². The fourth-order valence-corrected chi connectivity index (χ4v) is 2.81. The number of carbonyl (C=O) groups excluding carboxylic acids is 2. The van der Waals surface area contributed by atoms with E-state index in [1.54, 1.807) is 12.1 Å². The molecular weight excluding hydrogens is 379 g/mol. The molecule has 1 aromatic rings. The highest BCUT2D eigenvalue weighted by Crippen LogP contribution is 2.28. The Labute approximate surface area is 149 Å². The minimum Gasteiger partial charge on any atom is -0.467 e. The van der Waals surface area contributed by atoms with Gasteiger partial charge in [-0.05, 0) is 39.0 Å². The number of carbonyl (C=O) groups is 2. The third kappa shape index (κ3) is 5.03. The molecule has 0 aliphatic carbocycles. The fourth-order valence-electron chi connectivity index (χ4n) is 2.39. The van der Waals surface area contributed by atoms with Crippen molar-refractivity contribution in [1.82, 2.24) is 4.90 Å². The van der Waals surface area contributed by atoms with Gasteiger partial charge in [0, 0.05) is 6.54 Å². The number of esters is 1. The normalized spacial score (nSPS) is 12.2. The molecule has 1 atom stereocenters. The molecule has 0 bridgehead atoms. The van der Waals surface area contributed by atoms with Gasteiger partial charge in [0.2, 0.25) is 5.91 Å². The maximum atomic E-state index is 13.4. The van der Waals surface area contributed by atoms with Crippen LogP contribution in [0.2, 0.25) is 0 Å².